The van der Waals surface area contributed by atoms with Gasteiger partial charge in [0.05, 0.1) is 0 Å². The van der Waals surface area contributed by atoms with Gasteiger partial charge in [-0.2, -0.15) is 0 Å². The van der Waals surface area contributed by atoms with E-state index in [-0.39, 0.29) is 5.82 Å². The molecule has 88 valence electrons. The van der Waals surface area contributed by atoms with Crippen LogP contribution in [0.2, 0.25) is 0 Å². The largest absolute Gasteiger partial charge is 0.489 e. The SMILES string of the molecule is C=CCOc1cc(F)cc(CNCCC)c1. The van der Waals surface area contributed by atoms with Crippen LogP contribution < -0.4 is 10.1 Å². The van der Waals surface area contributed by atoms with Gasteiger partial charge in [0, 0.05) is 12.6 Å². The summed E-state index contributed by atoms with van der Waals surface area (Å²) in [6.07, 6.45) is 2.70. The van der Waals surface area contributed by atoms with E-state index in [1.807, 2.05) is 6.07 Å². The fraction of sp³-hybridized carbons (Fsp3) is 0.385. The summed E-state index contributed by atoms with van der Waals surface area (Å²) in [5.74, 6) is 0.281. The second-order valence-electron chi connectivity index (χ2n) is 3.57. The molecule has 3 heteroatoms. The number of rotatable bonds is 7. The minimum Gasteiger partial charge on any atom is -0.489 e. The van der Waals surface area contributed by atoms with E-state index >= 15 is 0 Å². The predicted molar refractivity (Wildman–Crippen MR) is 64.1 cm³/mol. The number of ether oxygens (including phenoxy) is 1. The molecule has 1 rings (SSSR count). The molecule has 2 nitrogen and oxygen atoms in total. The lowest BCUT2D eigenvalue weighted by atomic mass is 10.2. The first-order chi connectivity index (χ1) is 7.76. The van der Waals surface area contributed by atoms with Crippen molar-refractivity contribution in [2.24, 2.45) is 0 Å². The molecule has 0 unspecified atom stereocenters. The quantitative estimate of drug-likeness (QED) is 0.567. The average Bonchev–Trinajstić information content (AvgIpc) is 2.26. The highest BCUT2D eigenvalue weighted by molar-refractivity contribution is 5.29. The van der Waals surface area contributed by atoms with Crippen molar-refractivity contribution < 1.29 is 9.13 Å². The van der Waals surface area contributed by atoms with Crippen LogP contribution in [0.1, 0.15) is 18.9 Å². The molecule has 0 spiro atoms. The van der Waals surface area contributed by atoms with Gasteiger partial charge in [-0.3, -0.25) is 0 Å². The van der Waals surface area contributed by atoms with Gasteiger partial charge in [0.1, 0.15) is 18.2 Å². The van der Waals surface area contributed by atoms with Crippen molar-refractivity contribution in [1.29, 1.82) is 0 Å². The zero-order valence-electron chi connectivity index (χ0n) is 9.63. The first kappa shape index (κ1) is 12.7. The maximum absolute atomic E-state index is 13.2. The minimum atomic E-state index is -0.269. The molecule has 0 aliphatic carbocycles. The number of hydrogen-bond acceptors (Lipinski definition) is 2. The van der Waals surface area contributed by atoms with E-state index in [1.165, 1.54) is 12.1 Å². The molecular weight excluding hydrogens is 205 g/mol. The monoisotopic (exact) mass is 223 g/mol. The van der Waals surface area contributed by atoms with Crippen molar-refractivity contribution in [2.75, 3.05) is 13.2 Å². The van der Waals surface area contributed by atoms with Gasteiger partial charge in [0.15, 0.2) is 0 Å². The zero-order valence-corrected chi connectivity index (χ0v) is 9.63. The third kappa shape index (κ3) is 4.45. The van der Waals surface area contributed by atoms with Gasteiger partial charge in [-0.05, 0) is 30.7 Å². The maximum Gasteiger partial charge on any atom is 0.127 e. The molecular formula is C13H18FNO. The van der Waals surface area contributed by atoms with E-state index in [4.69, 9.17) is 4.74 Å². The van der Waals surface area contributed by atoms with E-state index in [1.54, 1.807) is 6.08 Å². The predicted octanol–water partition coefficient (Wildman–Crippen LogP) is 2.89. The van der Waals surface area contributed by atoms with Crippen molar-refractivity contribution in [2.45, 2.75) is 19.9 Å². The van der Waals surface area contributed by atoms with Crippen LogP contribution in [0.5, 0.6) is 5.75 Å². The van der Waals surface area contributed by atoms with Crippen LogP contribution in [0, 0.1) is 5.82 Å². The second kappa shape index (κ2) is 7.01. The fourth-order valence-corrected chi connectivity index (χ4v) is 1.37. The molecule has 1 N–H and O–H groups in total. The van der Waals surface area contributed by atoms with Crippen molar-refractivity contribution >= 4 is 0 Å². The molecule has 0 amide bonds. The Hall–Kier alpha value is -1.35. The lowest BCUT2D eigenvalue weighted by Crippen LogP contribution is -2.14. The molecule has 1 aromatic carbocycles. The first-order valence-electron chi connectivity index (χ1n) is 5.50. The standard InChI is InChI=1S/C13H18FNO/c1-3-5-15-10-11-7-12(14)9-13(8-11)16-6-4-2/h4,7-9,15H,2-3,5-6,10H2,1H3. The highest BCUT2D eigenvalue weighted by Crippen LogP contribution is 2.16. The van der Waals surface area contributed by atoms with Gasteiger partial charge >= 0.3 is 0 Å². The molecule has 0 fully saturated rings. The van der Waals surface area contributed by atoms with Gasteiger partial charge < -0.3 is 10.1 Å². The van der Waals surface area contributed by atoms with Gasteiger partial charge in [-0.25, -0.2) is 4.39 Å². The summed E-state index contributed by atoms with van der Waals surface area (Å²) in [6.45, 7) is 7.63. The van der Waals surface area contributed by atoms with Gasteiger partial charge in [0.25, 0.3) is 0 Å². The summed E-state index contributed by atoms with van der Waals surface area (Å²) in [6, 6.07) is 4.74. The Morgan fingerprint density at radius 1 is 1.44 bits per heavy atom. The first-order valence-corrected chi connectivity index (χ1v) is 5.50. The zero-order chi connectivity index (χ0) is 11.8. The molecule has 0 bridgehead atoms. The summed E-state index contributed by atoms with van der Waals surface area (Å²) in [5.41, 5.74) is 0.896. The van der Waals surface area contributed by atoms with Gasteiger partial charge in [0.2, 0.25) is 0 Å². The average molecular weight is 223 g/mol. The van der Waals surface area contributed by atoms with Crippen molar-refractivity contribution in [3.8, 4) is 5.75 Å². The van der Waals surface area contributed by atoms with E-state index in [0.29, 0.717) is 18.9 Å². The topological polar surface area (TPSA) is 21.3 Å². The van der Waals surface area contributed by atoms with Crippen LogP contribution >= 0.6 is 0 Å². The summed E-state index contributed by atoms with van der Waals surface area (Å²) in [7, 11) is 0. The Kier molecular flexibility index (Phi) is 5.57. The third-order valence-corrected chi connectivity index (χ3v) is 2.05. The number of benzene rings is 1. The molecule has 0 aliphatic heterocycles. The molecule has 0 aliphatic rings. The maximum atomic E-state index is 13.2. The Labute approximate surface area is 96.1 Å². The Bertz CT molecular complexity index is 339. The Balaban J connectivity index is 2.61. The summed E-state index contributed by atoms with van der Waals surface area (Å²) < 4.78 is 18.5. The lowest BCUT2D eigenvalue weighted by Gasteiger charge is -2.07. The van der Waals surface area contributed by atoms with E-state index in [0.717, 1.165) is 18.5 Å². The van der Waals surface area contributed by atoms with Crippen molar-refractivity contribution in [3.05, 3.63) is 42.2 Å². The highest BCUT2D eigenvalue weighted by Gasteiger charge is 2.01. The van der Waals surface area contributed by atoms with Crippen LogP contribution in [0.4, 0.5) is 4.39 Å². The van der Waals surface area contributed by atoms with Gasteiger partial charge in [-0.15, -0.1) is 0 Å². The van der Waals surface area contributed by atoms with Crippen LogP contribution in [0.3, 0.4) is 0 Å². The van der Waals surface area contributed by atoms with E-state index in [9.17, 15) is 4.39 Å². The molecule has 0 saturated carbocycles. The molecule has 0 aromatic heterocycles. The lowest BCUT2D eigenvalue weighted by molar-refractivity contribution is 0.360. The van der Waals surface area contributed by atoms with E-state index in [2.05, 4.69) is 18.8 Å². The van der Waals surface area contributed by atoms with Gasteiger partial charge in [-0.1, -0.05) is 19.6 Å². The highest BCUT2D eigenvalue weighted by atomic mass is 19.1. The third-order valence-electron chi connectivity index (χ3n) is 2.05. The van der Waals surface area contributed by atoms with Crippen LogP contribution in [0.15, 0.2) is 30.9 Å². The Morgan fingerprint density at radius 3 is 2.94 bits per heavy atom. The molecule has 16 heavy (non-hydrogen) atoms. The number of nitrogens with one attached hydrogen (secondary N) is 1. The smallest absolute Gasteiger partial charge is 0.127 e. The number of hydrogen-bond donors (Lipinski definition) is 1. The normalized spacial score (nSPS) is 10.1. The molecule has 0 atom stereocenters. The van der Waals surface area contributed by atoms with Crippen molar-refractivity contribution in [1.82, 2.24) is 5.32 Å². The summed E-state index contributed by atoms with van der Waals surface area (Å²) in [4.78, 5) is 0. The molecule has 1 aromatic rings. The fourth-order valence-electron chi connectivity index (χ4n) is 1.37. The van der Waals surface area contributed by atoms with Crippen LogP contribution in [-0.2, 0) is 6.54 Å². The molecule has 0 saturated heterocycles. The molecule has 0 radical (unpaired) electrons. The van der Waals surface area contributed by atoms with Crippen LogP contribution in [-0.4, -0.2) is 13.2 Å². The second-order valence-corrected chi connectivity index (χ2v) is 3.57. The van der Waals surface area contributed by atoms with E-state index < -0.39 is 0 Å². The molecule has 0 heterocycles. The summed E-state index contributed by atoms with van der Waals surface area (Å²) >= 11 is 0. The van der Waals surface area contributed by atoms with Crippen LogP contribution in [0.25, 0.3) is 0 Å². The number of halogens is 1. The minimum absolute atomic E-state index is 0.269. The van der Waals surface area contributed by atoms with Crippen molar-refractivity contribution in [3.63, 3.8) is 0 Å². The summed E-state index contributed by atoms with van der Waals surface area (Å²) in [5, 5.41) is 3.22. The Morgan fingerprint density at radius 2 is 2.25 bits per heavy atom.